The van der Waals surface area contributed by atoms with Gasteiger partial charge in [0.15, 0.2) is 11.5 Å². The fourth-order valence-corrected chi connectivity index (χ4v) is 2.98. The van der Waals surface area contributed by atoms with E-state index >= 15 is 0 Å². The van der Waals surface area contributed by atoms with Crippen LogP contribution in [-0.2, 0) is 16.0 Å². The fourth-order valence-electron chi connectivity index (χ4n) is 2.98. The minimum Gasteiger partial charge on any atom is -0.493 e. The molecule has 7 heteroatoms. The lowest BCUT2D eigenvalue weighted by Gasteiger charge is -2.26. The summed E-state index contributed by atoms with van der Waals surface area (Å²) in [5.41, 5.74) is 1.85. The van der Waals surface area contributed by atoms with Gasteiger partial charge < -0.3 is 9.47 Å². The predicted octanol–water partition coefficient (Wildman–Crippen LogP) is 3.49. The van der Waals surface area contributed by atoms with Crippen molar-refractivity contribution in [2.45, 2.75) is 13.3 Å². The molecule has 0 unspecified atom stereocenters. The molecule has 1 aliphatic rings. The quantitative estimate of drug-likeness (QED) is 0.432. The Morgan fingerprint density at radius 2 is 1.80 bits per heavy atom. The molecule has 1 fully saturated rings. The molecule has 0 aliphatic carbocycles. The number of methoxy groups -OCH3 is 1. The number of imide groups is 2. The molecular weight excluding hydrogens is 384 g/mol. The number of carbonyl (C=O) groups is 3. The Hall–Kier alpha value is -3.87. The van der Waals surface area contributed by atoms with E-state index in [-0.39, 0.29) is 5.57 Å². The number of barbiturate groups is 1. The van der Waals surface area contributed by atoms with E-state index in [0.717, 1.165) is 16.9 Å². The van der Waals surface area contributed by atoms with Crippen molar-refractivity contribution in [3.8, 4) is 11.5 Å². The summed E-state index contributed by atoms with van der Waals surface area (Å²) >= 11 is 0. The number of rotatable bonds is 7. The van der Waals surface area contributed by atoms with E-state index in [1.807, 2.05) is 19.1 Å². The van der Waals surface area contributed by atoms with Crippen molar-refractivity contribution in [2.24, 2.45) is 0 Å². The highest BCUT2D eigenvalue weighted by Gasteiger charge is 2.36. The van der Waals surface area contributed by atoms with Crippen LogP contribution in [0.15, 0.2) is 60.7 Å². The molecule has 4 amide bonds. The third-order valence-corrected chi connectivity index (χ3v) is 4.56. The van der Waals surface area contributed by atoms with Gasteiger partial charge in [-0.05, 0) is 47.9 Å². The Bertz CT molecular complexity index is 1020. The van der Waals surface area contributed by atoms with Crippen molar-refractivity contribution in [3.63, 3.8) is 0 Å². The second-order valence-electron chi connectivity index (χ2n) is 6.49. The first-order valence-electron chi connectivity index (χ1n) is 9.40. The lowest BCUT2D eigenvalue weighted by molar-refractivity contribution is -0.122. The average Bonchev–Trinajstić information content (AvgIpc) is 2.75. The summed E-state index contributed by atoms with van der Waals surface area (Å²) in [6.45, 7) is 5.92. The molecule has 1 heterocycles. The van der Waals surface area contributed by atoms with Crippen LogP contribution in [0.25, 0.3) is 6.08 Å². The van der Waals surface area contributed by atoms with Gasteiger partial charge in [-0.2, -0.15) is 0 Å². The number of hydrogen-bond donors (Lipinski definition) is 1. The Morgan fingerprint density at radius 3 is 2.43 bits per heavy atom. The van der Waals surface area contributed by atoms with Gasteiger partial charge in [0.05, 0.1) is 12.8 Å². The largest absolute Gasteiger partial charge is 0.493 e. The SMILES string of the molecule is C=CCOc1ccc(/C=C2\C(=O)NC(=O)N(c3ccc(CC)cc3)C2=O)cc1OC. The summed E-state index contributed by atoms with van der Waals surface area (Å²) in [6.07, 6.45) is 3.86. The monoisotopic (exact) mass is 406 g/mol. The van der Waals surface area contributed by atoms with Crippen molar-refractivity contribution in [1.29, 1.82) is 0 Å². The van der Waals surface area contributed by atoms with E-state index in [1.54, 1.807) is 36.4 Å². The summed E-state index contributed by atoms with van der Waals surface area (Å²) in [7, 11) is 1.49. The molecule has 1 N–H and O–H groups in total. The predicted molar refractivity (Wildman–Crippen MR) is 114 cm³/mol. The van der Waals surface area contributed by atoms with Gasteiger partial charge in [0.2, 0.25) is 0 Å². The van der Waals surface area contributed by atoms with E-state index in [2.05, 4.69) is 11.9 Å². The lowest BCUT2D eigenvalue weighted by Crippen LogP contribution is -2.54. The number of carbonyl (C=O) groups excluding carboxylic acids is 3. The van der Waals surface area contributed by atoms with Gasteiger partial charge in [-0.25, -0.2) is 9.69 Å². The number of ether oxygens (including phenoxy) is 2. The van der Waals surface area contributed by atoms with Crippen LogP contribution in [-0.4, -0.2) is 31.6 Å². The molecule has 0 radical (unpaired) electrons. The maximum atomic E-state index is 13.0. The van der Waals surface area contributed by atoms with Crippen LogP contribution in [0.3, 0.4) is 0 Å². The number of urea groups is 1. The van der Waals surface area contributed by atoms with Crippen LogP contribution in [0, 0.1) is 0 Å². The molecule has 2 aromatic rings. The third kappa shape index (κ3) is 4.25. The number of nitrogens with one attached hydrogen (secondary N) is 1. The summed E-state index contributed by atoms with van der Waals surface area (Å²) < 4.78 is 10.8. The van der Waals surface area contributed by atoms with Crippen molar-refractivity contribution in [2.75, 3.05) is 18.6 Å². The molecule has 0 saturated carbocycles. The molecule has 0 spiro atoms. The zero-order valence-corrected chi connectivity index (χ0v) is 16.8. The zero-order valence-electron chi connectivity index (χ0n) is 16.8. The topological polar surface area (TPSA) is 84.9 Å². The minimum absolute atomic E-state index is 0.156. The molecule has 7 nitrogen and oxygen atoms in total. The second kappa shape index (κ2) is 9.09. The normalized spacial score (nSPS) is 15.2. The Balaban J connectivity index is 1.94. The first kappa shape index (κ1) is 20.9. The summed E-state index contributed by atoms with van der Waals surface area (Å²) in [6, 6.07) is 11.2. The Morgan fingerprint density at radius 1 is 1.07 bits per heavy atom. The van der Waals surface area contributed by atoms with Gasteiger partial charge in [-0.3, -0.25) is 14.9 Å². The minimum atomic E-state index is -0.780. The molecule has 0 atom stereocenters. The van der Waals surface area contributed by atoms with Crippen LogP contribution in [0.1, 0.15) is 18.1 Å². The van der Waals surface area contributed by atoms with Gasteiger partial charge in [0.25, 0.3) is 11.8 Å². The van der Waals surface area contributed by atoms with Crippen LogP contribution in [0.2, 0.25) is 0 Å². The number of aryl methyl sites for hydroxylation is 1. The van der Waals surface area contributed by atoms with Crippen LogP contribution in [0.4, 0.5) is 10.5 Å². The highest BCUT2D eigenvalue weighted by Crippen LogP contribution is 2.30. The van der Waals surface area contributed by atoms with Crippen molar-refractivity contribution in [1.82, 2.24) is 5.32 Å². The maximum Gasteiger partial charge on any atom is 0.335 e. The molecule has 154 valence electrons. The Kier molecular flexibility index (Phi) is 6.32. The van der Waals surface area contributed by atoms with Crippen LogP contribution >= 0.6 is 0 Å². The van der Waals surface area contributed by atoms with Crippen molar-refractivity contribution in [3.05, 3.63) is 71.8 Å². The van der Waals surface area contributed by atoms with E-state index in [1.165, 1.54) is 13.2 Å². The molecule has 0 aromatic heterocycles. The lowest BCUT2D eigenvalue weighted by atomic mass is 10.1. The summed E-state index contributed by atoms with van der Waals surface area (Å²) in [5.74, 6) is -0.499. The van der Waals surface area contributed by atoms with Gasteiger partial charge in [-0.15, -0.1) is 0 Å². The molecular formula is C23H22N2O5. The second-order valence-corrected chi connectivity index (χ2v) is 6.49. The standard InChI is InChI=1S/C23H22N2O5/c1-4-12-30-19-11-8-16(14-20(19)29-3)13-18-21(26)24-23(28)25(22(18)27)17-9-6-15(5-2)7-10-17/h4,6-11,13-14H,1,5,12H2,2-3H3,(H,24,26,28)/b18-13+. The first-order valence-corrected chi connectivity index (χ1v) is 9.40. The molecule has 0 bridgehead atoms. The third-order valence-electron chi connectivity index (χ3n) is 4.56. The van der Waals surface area contributed by atoms with Crippen LogP contribution < -0.4 is 19.7 Å². The average molecular weight is 406 g/mol. The Labute approximate surface area is 174 Å². The van der Waals surface area contributed by atoms with E-state index in [9.17, 15) is 14.4 Å². The van der Waals surface area contributed by atoms with Gasteiger partial charge in [-0.1, -0.05) is 37.8 Å². The van der Waals surface area contributed by atoms with Gasteiger partial charge in [0.1, 0.15) is 12.2 Å². The molecule has 30 heavy (non-hydrogen) atoms. The molecule has 2 aromatic carbocycles. The summed E-state index contributed by atoms with van der Waals surface area (Å²) in [4.78, 5) is 38.6. The smallest absolute Gasteiger partial charge is 0.335 e. The highest BCUT2D eigenvalue weighted by molar-refractivity contribution is 6.39. The molecule has 1 aliphatic heterocycles. The van der Waals surface area contributed by atoms with E-state index in [4.69, 9.17) is 9.47 Å². The number of anilines is 1. The molecule has 3 rings (SSSR count). The number of amides is 4. The number of benzene rings is 2. The van der Waals surface area contributed by atoms with E-state index < -0.39 is 17.8 Å². The van der Waals surface area contributed by atoms with Crippen molar-refractivity contribution >= 4 is 29.6 Å². The fraction of sp³-hybridized carbons (Fsp3) is 0.174. The highest BCUT2D eigenvalue weighted by atomic mass is 16.5. The number of nitrogens with zero attached hydrogens (tertiary/aromatic N) is 1. The first-order chi connectivity index (χ1) is 14.5. The summed E-state index contributed by atoms with van der Waals surface area (Å²) in [5, 5.41) is 2.22. The molecule has 1 saturated heterocycles. The maximum absolute atomic E-state index is 13.0. The van der Waals surface area contributed by atoms with E-state index in [0.29, 0.717) is 29.4 Å². The van der Waals surface area contributed by atoms with Crippen molar-refractivity contribution < 1.29 is 23.9 Å². The number of hydrogen-bond acceptors (Lipinski definition) is 5. The van der Waals surface area contributed by atoms with Gasteiger partial charge >= 0.3 is 6.03 Å². The van der Waals surface area contributed by atoms with Crippen LogP contribution in [0.5, 0.6) is 11.5 Å². The zero-order chi connectivity index (χ0) is 21.7. The van der Waals surface area contributed by atoms with Gasteiger partial charge in [0, 0.05) is 0 Å².